The number of hydrogen-bond donors (Lipinski definition) is 0. The first-order valence-electron chi connectivity index (χ1n) is 5.48. The summed E-state index contributed by atoms with van der Waals surface area (Å²) in [5.41, 5.74) is 1.20. The molecule has 82 valence electrons. The molecule has 0 aliphatic heterocycles. The molecule has 1 aromatic rings. The lowest BCUT2D eigenvalue weighted by Crippen LogP contribution is -1.95. The Hall–Kier alpha value is -1.88. The van der Waals surface area contributed by atoms with Gasteiger partial charge in [-0.1, -0.05) is 43.7 Å². The second-order valence-electron chi connectivity index (χ2n) is 3.62. The number of benzene rings is 1. The van der Waals surface area contributed by atoms with Crippen LogP contribution in [0, 0.1) is 11.3 Å². The number of carbonyl (C=O) groups excluding carboxylic acids is 1. The maximum atomic E-state index is 11.7. The molecular formula is C14H15NO. The fourth-order valence-electron chi connectivity index (χ4n) is 1.37. The van der Waals surface area contributed by atoms with Gasteiger partial charge in [-0.2, -0.15) is 5.26 Å². The van der Waals surface area contributed by atoms with E-state index in [0.717, 1.165) is 12.8 Å². The van der Waals surface area contributed by atoms with Crippen LogP contribution in [0.15, 0.2) is 42.0 Å². The van der Waals surface area contributed by atoms with Gasteiger partial charge in [0.2, 0.25) is 0 Å². The quantitative estimate of drug-likeness (QED) is 0.426. The number of allylic oxidation sites excluding steroid dienone is 2. The van der Waals surface area contributed by atoms with E-state index in [0.29, 0.717) is 17.6 Å². The lowest BCUT2D eigenvalue weighted by molar-refractivity contribution is 0.104. The third-order valence-corrected chi connectivity index (χ3v) is 2.31. The zero-order valence-electron chi connectivity index (χ0n) is 9.44. The molecule has 0 saturated heterocycles. The van der Waals surface area contributed by atoms with Gasteiger partial charge in [0.05, 0.1) is 6.07 Å². The highest BCUT2D eigenvalue weighted by atomic mass is 16.1. The van der Waals surface area contributed by atoms with Crippen molar-refractivity contribution in [2.45, 2.75) is 26.2 Å². The summed E-state index contributed by atoms with van der Waals surface area (Å²) in [6.07, 6.45) is 4.11. The van der Waals surface area contributed by atoms with Crippen molar-refractivity contribution in [1.82, 2.24) is 0 Å². The minimum atomic E-state index is -0.0896. The molecule has 0 aliphatic rings. The van der Waals surface area contributed by atoms with Crippen molar-refractivity contribution in [3.8, 4) is 6.07 Å². The van der Waals surface area contributed by atoms with E-state index >= 15 is 0 Å². The summed E-state index contributed by atoms with van der Waals surface area (Å²) in [7, 11) is 0. The summed E-state index contributed by atoms with van der Waals surface area (Å²) in [5.74, 6) is -0.0896. The molecule has 0 fully saturated rings. The van der Waals surface area contributed by atoms with Gasteiger partial charge < -0.3 is 0 Å². The van der Waals surface area contributed by atoms with Crippen molar-refractivity contribution < 1.29 is 4.79 Å². The summed E-state index contributed by atoms with van der Waals surface area (Å²) in [6.45, 7) is 2.06. The molecule has 0 atom stereocenters. The molecule has 0 amide bonds. The fourth-order valence-corrected chi connectivity index (χ4v) is 1.37. The molecule has 0 saturated carbocycles. The molecule has 0 N–H and O–H groups in total. The maximum absolute atomic E-state index is 11.7. The average molecular weight is 213 g/mol. The first kappa shape index (κ1) is 12.2. The van der Waals surface area contributed by atoms with Crippen molar-refractivity contribution in [3.63, 3.8) is 0 Å². The molecular weight excluding hydrogens is 198 g/mol. The van der Waals surface area contributed by atoms with Crippen LogP contribution in [0.5, 0.6) is 0 Å². The molecule has 2 heteroatoms. The monoisotopic (exact) mass is 213 g/mol. The Balaban J connectivity index is 2.75. The van der Waals surface area contributed by atoms with Crippen molar-refractivity contribution in [2.75, 3.05) is 0 Å². The van der Waals surface area contributed by atoms with Crippen molar-refractivity contribution in [3.05, 3.63) is 47.5 Å². The van der Waals surface area contributed by atoms with Crippen molar-refractivity contribution in [2.24, 2.45) is 0 Å². The second-order valence-corrected chi connectivity index (χ2v) is 3.62. The Morgan fingerprint density at radius 2 is 2.06 bits per heavy atom. The Morgan fingerprint density at radius 3 is 2.62 bits per heavy atom. The van der Waals surface area contributed by atoms with Crippen LogP contribution in [0.25, 0.3) is 0 Å². The van der Waals surface area contributed by atoms with E-state index in [9.17, 15) is 4.79 Å². The van der Waals surface area contributed by atoms with Crippen molar-refractivity contribution in [1.29, 1.82) is 5.26 Å². The number of nitrogens with zero attached hydrogens (tertiary/aromatic N) is 1. The van der Waals surface area contributed by atoms with E-state index in [-0.39, 0.29) is 5.78 Å². The van der Waals surface area contributed by atoms with Crippen LogP contribution >= 0.6 is 0 Å². The molecule has 0 aliphatic carbocycles. The summed E-state index contributed by atoms with van der Waals surface area (Å²) in [4.78, 5) is 11.7. The highest BCUT2D eigenvalue weighted by Crippen LogP contribution is 2.09. The number of nitriles is 1. The largest absolute Gasteiger partial charge is 0.289 e. The number of rotatable bonds is 5. The SMILES string of the molecule is CCCC/C(C#N)=C\C(=O)c1ccccc1. The first-order chi connectivity index (χ1) is 7.77. The van der Waals surface area contributed by atoms with E-state index < -0.39 is 0 Å². The molecule has 0 radical (unpaired) electrons. The minimum Gasteiger partial charge on any atom is -0.289 e. The predicted molar refractivity (Wildman–Crippen MR) is 64.0 cm³/mol. The highest BCUT2D eigenvalue weighted by molar-refractivity contribution is 6.05. The summed E-state index contributed by atoms with van der Waals surface area (Å²) in [6, 6.07) is 11.1. The van der Waals surface area contributed by atoms with Crippen LogP contribution in [-0.4, -0.2) is 5.78 Å². The molecule has 0 bridgehead atoms. The van der Waals surface area contributed by atoms with Crippen LogP contribution in [0.2, 0.25) is 0 Å². The molecule has 0 heterocycles. The van der Waals surface area contributed by atoms with Gasteiger partial charge >= 0.3 is 0 Å². The average Bonchev–Trinajstić information content (AvgIpc) is 2.35. The summed E-state index contributed by atoms with van der Waals surface area (Å²) in [5, 5.41) is 8.88. The third kappa shape index (κ3) is 3.70. The van der Waals surface area contributed by atoms with E-state index in [1.165, 1.54) is 6.08 Å². The van der Waals surface area contributed by atoms with E-state index in [1.807, 2.05) is 18.2 Å². The minimum absolute atomic E-state index is 0.0896. The Labute approximate surface area is 96.2 Å². The van der Waals surface area contributed by atoms with E-state index in [4.69, 9.17) is 5.26 Å². The van der Waals surface area contributed by atoms with Crippen molar-refractivity contribution >= 4 is 5.78 Å². The van der Waals surface area contributed by atoms with Crippen LogP contribution in [0.1, 0.15) is 36.5 Å². The van der Waals surface area contributed by atoms with Gasteiger partial charge in [-0.05, 0) is 18.9 Å². The molecule has 0 spiro atoms. The Kier molecular flexibility index (Phi) is 5.01. The predicted octanol–water partition coefficient (Wildman–Crippen LogP) is 3.51. The Bertz CT molecular complexity index is 412. The number of ketones is 1. The highest BCUT2D eigenvalue weighted by Gasteiger charge is 2.03. The zero-order chi connectivity index (χ0) is 11.8. The van der Waals surface area contributed by atoms with Crippen LogP contribution in [0.3, 0.4) is 0 Å². The van der Waals surface area contributed by atoms with Gasteiger partial charge in [0.15, 0.2) is 5.78 Å². The topological polar surface area (TPSA) is 40.9 Å². The number of carbonyl (C=O) groups is 1. The van der Waals surface area contributed by atoms with Gasteiger partial charge in [-0.25, -0.2) is 0 Å². The fraction of sp³-hybridized carbons (Fsp3) is 0.286. The van der Waals surface area contributed by atoms with Gasteiger partial charge in [0.25, 0.3) is 0 Å². The van der Waals surface area contributed by atoms with Gasteiger partial charge in [0, 0.05) is 11.1 Å². The standard InChI is InChI=1S/C14H15NO/c1-2-3-7-12(11-15)10-14(16)13-8-5-4-6-9-13/h4-6,8-10H,2-3,7H2,1H3/b12-10+. The van der Waals surface area contributed by atoms with Gasteiger partial charge in [-0.15, -0.1) is 0 Å². The summed E-state index contributed by atoms with van der Waals surface area (Å²) < 4.78 is 0. The maximum Gasteiger partial charge on any atom is 0.186 e. The van der Waals surface area contributed by atoms with Crippen LogP contribution in [0.4, 0.5) is 0 Å². The first-order valence-corrected chi connectivity index (χ1v) is 5.48. The molecule has 1 rings (SSSR count). The zero-order valence-corrected chi connectivity index (χ0v) is 9.44. The molecule has 0 unspecified atom stereocenters. The number of unbranched alkanes of at least 4 members (excludes halogenated alkanes) is 1. The molecule has 2 nitrogen and oxygen atoms in total. The smallest absolute Gasteiger partial charge is 0.186 e. The Morgan fingerprint density at radius 1 is 1.38 bits per heavy atom. The lowest BCUT2D eigenvalue weighted by Gasteiger charge is -1.97. The summed E-state index contributed by atoms with van der Waals surface area (Å²) >= 11 is 0. The third-order valence-electron chi connectivity index (χ3n) is 2.31. The van der Waals surface area contributed by atoms with Crippen LogP contribution < -0.4 is 0 Å². The molecule has 1 aromatic carbocycles. The number of hydrogen-bond acceptors (Lipinski definition) is 2. The second kappa shape index (κ2) is 6.58. The lowest BCUT2D eigenvalue weighted by atomic mass is 10.1. The van der Waals surface area contributed by atoms with E-state index in [1.54, 1.807) is 12.1 Å². The van der Waals surface area contributed by atoms with Gasteiger partial charge in [-0.3, -0.25) is 4.79 Å². The van der Waals surface area contributed by atoms with Gasteiger partial charge in [0.1, 0.15) is 0 Å². The molecule has 0 aromatic heterocycles. The normalized spacial score (nSPS) is 10.9. The van der Waals surface area contributed by atoms with Crippen LogP contribution in [-0.2, 0) is 0 Å². The molecule has 16 heavy (non-hydrogen) atoms. The van der Waals surface area contributed by atoms with E-state index in [2.05, 4.69) is 13.0 Å².